The molecule has 2 aliphatic rings. The number of ether oxygens (including phenoxy) is 3. The van der Waals surface area contributed by atoms with E-state index < -0.39 is 17.7 Å². The van der Waals surface area contributed by atoms with Gasteiger partial charge in [-0.05, 0) is 52.4 Å². The summed E-state index contributed by atoms with van der Waals surface area (Å²) < 4.78 is 16.0. The van der Waals surface area contributed by atoms with Crippen LogP contribution in [0.2, 0.25) is 0 Å². The first kappa shape index (κ1) is 18.0. The first-order valence-corrected chi connectivity index (χ1v) is 8.12. The maximum atomic E-state index is 12.1. The summed E-state index contributed by atoms with van der Waals surface area (Å²) in [5.74, 6) is -0.854. The van der Waals surface area contributed by atoms with Crippen molar-refractivity contribution in [3.63, 3.8) is 0 Å². The van der Waals surface area contributed by atoms with Crippen LogP contribution in [0.1, 0.15) is 46.5 Å². The van der Waals surface area contributed by atoms with Crippen molar-refractivity contribution in [2.75, 3.05) is 7.11 Å². The van der Waals surface area contributed by atoms with E-state index in [1.807, 2.05) is 20.8 Å². The molecule has 7 nitrogen and oxygen atoms in total. The standard InChI is InChI=1S/C16H27NO6/c1-16(2,3)23-15(20)17-11(12-14(21-4)22-12)9-5-7-10(8-6-9)13(18)19/h9-12,14H,5-8H2,1-4H3,(H,17,20)(H,18,19)/t9?,10?,11-,12?,14?/m0/s1. The lowest BCUT2D eigenvalue weighted by atomic mass is 9.77. The topological polar surface area (TPSA) is 97.4 Å². The Kier molecular flexibility index (Phi) is 5.52. The summed E-state index contributed by atoms with van der Waals surface area (Å²) in [6, 6.07) is -0.218. The molecule has 1 saturated carbocycles. The molecule has 0 aromatic heterocycles. The molecule has 7 heteroatoms. The van der Waals surface area contributed by atoms with E-state index in [9.17, 15) is 9.59 Å². The number of carbonyl (C=O) groups excluding carboxylic acids is 1. The third-order valence-corrected chi connectivity index (χ3v) is 4.38. The molecule has 2 fully saturated rings. The maximum absolute atomic E-state index is 12.1. The molecule has 0 spiro atoms. The van der Waals surface area contributed by atoms with Gasteiger partial charge in [-0.1, -0.05) is 0 Å². The van der Waals surface area contributed by atoms with E-state index >= 15 is 0 Å². The lowest BCUT2D eigenvalue weighted by Crippen LogP contribution is -2.48. The molecule has 2 rings (SSSR count). The van der Waals surface area contributed by atoms with Crippen molar-refractivity contribution >= 4 is 12.1 Å². The SMILES string of the molecule is COC1OC1[C@@H](NC(=O)OC(C)(C)C)C1CCC(C(=O)O)CC1. The molecule has 132 valence electrons. The normalized spacial score (nSPS) is 32.0. The summed E-state index contributed by atoms with van der Waals surface area (Å²) in [4.78, 5) is 23.2. The summed E-state index contributed by atoms with van der Waals surface area (Å²) in [7, 11) is 1.57. The van der Waals surface area contributed by atoms with E-state index in [0.717, 1.165) is 12.8 Å². The Hall–Kier alpha value is -1.34. The Morgan fingerprint density at radius 1 is 1.22 bits per heavy atom. The molecule has 0 bridgehead atoms. The Morgan fingerprint density at radius 3 is 2.26 bits per heavy atom. The summed E-state index contributed by atoms with van der Waals surface area (Å²) >= 11 is 0. The number of hydrogen-bond acceptors (Lipinski definition) is 5. The molecule has 1 amide bonds. The monoisotopic (exact) mass is 329 g/mol. The second-order valence-electron chi connectivity index (χ2n) is 7.33. The highest BCUT2D eigenvalue weighted by Gasteiger charge is 2.50. The minimum Gasteiger partial charge on any atom is -0.481 e. The molecule has 23 heavy (non-hydrogen) atoms. The molecule has 2 unspecified atom stereocenters. The summed E-state index contributed by atoms with van der Waals surface area (Å²) in [6.45, 7) is 5.43. The number of nitrogens with one attached hydrogen (secondary N) is 1. The van der Waals surface area contributed by atoms with Gasteiger partial charge in [0.05, 0.1) is 12.0 Å². The van der Waals surface area contributed by atoms with Crippen LogP contribution >= 0.6 is 0 Å². The zero-order valence-electron chi connectivity index (χ0n) is 14.2. The number of aliphatic carboxylic acids is 1. The average molecular weight is 329 g/mol. The predicted octanol–water partition coefficient (Wildman–Crippen LogP) is 2.14. The number of hydrogen-bond donors (Lipinski definition) is 2. The highest BCUT2D eigenvalue weighted by Crippen LogP contribution is 2.37. The van der Waals surface area contributed by atoms with Crippen molar-refractivity contribution in [1.29, 1.82) is 0 Å². The second kappa shape index (κ2) is 7.05. The van der Waals surface area contributed by atoms with Gasteiger partial charge in [0.1, 0.15) is 11.7 Å². The van der Waals surface area contributed by atoms with Crippen LogP contribution in [-0.2, 0) is 19.0 Å². The zero-order valence-corrected chi connectivity index (χ0v) is 14.2. The number of rotatable bonds is 5. The van der Waals surface area contributed by atoms with Gasteiger partial charge in [0.15, 0.2) is 6.29 Å². The molecule has 0 aromatic rings. The van der Waals surface area contributed by atoms with Gasteiger partial charge >= 0.3 is 12.1 Å². The lowest BCUT2D eigenvalue weighted by Gasteiger charge is -2.32. The van der Waals surface area contributed by atoms with E-state index in [1.54, 1.807) is 7.11 Å². The van der Waals surface area contributed by atoms with Crippen molar-refractivity contribution < 1.29 is 28.9 Å². The van der Waals surface area contributed by atoms with Gasteiger partial charge in [-0.2, -0.15) is 0 Å². The first-order chi connectivity index (χ1) is 10.7. The molecule has 1 aliphatic carbocycles. The number of carboxylic acids is 1. The van der Waals surface area contributed by atoms with E-state index in [2.05, 4.69) is 5.32 Å². The second-order valence-corrected chi connectivity index (χ2v) is 7.33. The van der Waals surface area contributed by atoms with Crippen LogP contribution in [0, 0.1) is 11.8 Å². The summed E-state index contributed by atoms with van der Waals surface area (Å²) in [5.41, 5.74) is -0.569. The molecule has 2 N–H and O–H groups in total. The number of amides is 1. The largest absolute Gasteiger partial charge is 0.481 e. The molecule has 1 heterocycles. The fraction of sp³-hybridized carbons (Fsp3) is 0.875. The minimum absolute atomic E-state index is 0.170. The highest BCUT2D eigenvalue weighted by atomic mass is 16.8. The number of carboxylic acid groups (broad SMARTS) is 1. The summed E-state index contributed by atoms with van der Waals surface area (Å²) in [6.07, 6.45) is 1.74. The molecular weight excluding hydrogens is 302 g/mol. The molecule has 1 aliphatic heterocycles. The molecular formula is C16H27NO6. The van der Waals surface area contributed by atoms with Crippen molar-refractivity contribution in [1.82, 2.24) is 5.32 Å². The highest BCUT2D eigenvalue weighted by molar-refractivity contribution is 5.70. The van der Waals surface area contributed by atoms with E-state index in [0.29, 0.717) is 12.8 Å². The van der Waals surface area contributed by atoms with Gasteiger partial charge < -0.3 is 24.6 Å². The van der Waals surface area contributed by atoms with Crippen molar-refractivity contribution in [2.24, 2.45) is 11.8 Å². The van der Waals surface area contributed by atoms with Gasteiger partial charge in [-0.15, -0.1) is 0 Å². The molecule has 1 saturated heterocycles. The predicted molar refractivity (Wildman–Crippen MR) is 81.9 cm³/mol. The van der Waals surface area contributed by atoms with Crippen LogP contribution in [0.15, 0.2) is 0 Å². The number of epoxide rings is 1. The van der Waals surface area contributed by atoms with Gasteiger partial charge in [0, 0.05) is 7.11 Å². The van der Waals surface area contributed by atoms with Gasteiger partial charge in [-0.25, -0.2) is 4.79 Å². The Balaban J connectivity index is 1.96. The van der Waals surface area contributed by atoms with Crippen molar-refractivity contribution in [3.05, 3.63) is 0 Å². The van der Waals surface area contributed by atoms with Gasteiger partial charge in [0.2, 0.25) is 0 Å². The van der Waals surface area contributed by atoms with Crippen LogP contribution in [0.3, 0.4) is 0 Å². The Bertz CT molecular complexity index is 438. The number of carbonyl (C=O) groups is 2. The molecule has 0 radical (unpaired) electrons. The maximum Gasteiger partial charge on any atom is 0.407 e. The Labute approximate surface area is 136 Å². The average Bonchev–Trinajstić information content (AvgIpc) is 3.22. The van der Waals surface area contributed by atoms with Gasteiger partial charge in [-0.3, -0.25) is 4.79 Å². The van der Waals surface area contributed by atoms with Crippen LogP contribution in [-0.4, -0.2) is 48.3 Å². The number of alkyl carbamates (subject to hydrolysis) is 1. The fourth-order valence-electron chi connectivity index (χ4n) is 3.19. The van der Waals surface area contributed by atoms with E-state index in [-0.39, 0.29) is 30.3 Å². The van der Waals surface area contributed by atoms with Crippen molar-refractivity contribution in [3.8, 4) is 0 Å². The van der Waals surface area contributed by atoms with Crippen molar-refractivity contribution in [2.45, 2.75) is 70.5 Å². The molecule has 3 atom stereocenters. The third-order valence-electron chi connectivity index (χ3n) is 4.38. The van der Waals surface area contributed by atoms with Crippen LogP contribution in [0.25, 0.3) is 0 Å². The minimum atomic E-state index is -0.738. The smallest absolute Gasteiger partial charge is 0.407 e. The summed E-state index contributed by atoms with van der Waals surface area (Å²) in [5, 5.41) is 12.0. The lowest BCUT2D eigenvalue weighted by molar-refractivity contribution is -0.143. The van der Waals surface area contributed by atoms with E-state index in [1.165, 1.54) is 0 Å². The number of methoxy groups -OCH3 is 1. The van der Waals surface area contributed by atoms with Crippen LogP contribution < -0.4 is 5.32 Å². The van der Waals surface area contributed by atoms with Crippen LogP contribution in [0.5, 0.6) is 0 Å². The zero-order chi connectivity index (χ0) is 17.2. The van der Waals surface area contributed by atoms with Gasteiger partial charge in [0.25, 0.3) is 0 Å². The fourth-order valence-corrected chi connectivity index (χ4v) is 3.19. The van der Waals surface area contributed by atoms with Crippen LogP contribution in [0.4, 0.5) is 4.79 Å². The molecule has 0 aromatic carbocycles. The van der Waals surface area contributed by atoms with E-state index in [4.69, 9.17) is 19.3 Å². The quantitative estimate of drug-likeness (QED) is 0.750. The third kappa shape index (κ3) is 5.07. The first-order valence-electron chi connectivity index (χ1n) is 8.12. The Morgan fingerprint density at radius 2 is 1.83 bits per heavy atom.